The Hall–Kier alpha value is -2.44. The molecule has 0 bridgehead atoms. The van der Waals surface area contributed by atoms with Gasteiger partial charge in [0.25, 0.3) is 11.4 Å². The number of ether oxygens (including phenoxy) is 2. The van der Waals surface area contributed by atoms with Crippen LogP contribution in [0.5, 0.6) is 11.5 Å². The van der Waals surface area contributed by atoms with Gasteiger partial charge in [0.2, 0.25) is 0 Å². The standard InChI is InChI=1S/C7H7BrN2O3.C7H6BrNO3.H2O/c1-13-6-3-4(10(11)12)2-5(8)7(6)9;1-12-7-3-5(8)2-6(4-7)9(10)11;/h2-3H,9H2,1H3;2-4H,1H3;1H2. The highest BCUT2D eigenvalue weighted by Gasteiger charge is 2.13. The van der Waals surface area contributed by atoms with Gasteiger partial charge in [0.1, 0.15) is 11.5 Å². The first-order valence-electron chi connectivity index (χ1n) is 6.46. The van der Waals surface area contributed by atoms with Crippen molar-refractivity contribution in [2.24, 2.45) is 0 Å². The lowest BCUT2D eigenvalue weighted by atomic mass is 10.2. The third-order valence-corrected chi connectivity index (χ3v) is 3.92. The number of nitrogen functional groups attached to an aromatic ring is 1. The number of nitro benzene ring substituents is 2. The monoisotopic (exact) mass is 495 g/mol. The summed E-state index contributed by atoms with van der Waals surface area (Å²) in [7, 11) is 2.87. The molecule has 0 aromatic heterocycles. The van der Waals surface area contributed by atoms with E-state index in [0.717, 1.165) is 0 Å². The average Bonchev–Trinajstić information content (AvgIpc) is 2.56. The number of benzene rings is 2. The Balaban J connectivity index is 0.000000464. The summed E-state index contributed by atoms with van der Waals surface area (Å²) in [6.45, 7) is 0. The van der Waals surface area contributed by atoms with Gasteiger partial charge in [-0.3, -0.25) is 20.2 Å². The molecule has 0 aliphatic carbocycles. The molecule has 2 aromatic carbocycles. The third-order valence-electron chi connectivity index (χ3n) is 2.81. The van der Waals surface area contributed by atoms with E-state index in [1.165, 1.54) is 38.5 Å². The number of rotatable bonds is 4. The SMILES string of the molecule is COc1cc(Br)cc([N+](=O)[O-])c1.COc1cc([N+](=O)[O-])cc(Br)c1N.O. The minimum atomic E-state index is -0.507. The van der Waals surface area contributed by atoms with Crippen LogP contribution in [0.15, 0.2) is 39.3 Å². The van der Waals surface area contributed by atoms with Crippen molar-refractivity contribution in [3.63, 3.8) is 0 Å². The fourth-order valence-electron chi connectivity index (χ4n) is 1.62. The summed E-state index contributed by atoms with van der Waals surface area (Å²) < 4.78 is 10.8. The van der Waals surface area contributed by atoms with Crippen LogP contribution < -0.4 is 15.2 Å². The lowest BCUT2D eigenvalue weighted by Crippen LogP contribution is -1.96. The van der Waals surface area contributed by atoms with Crippen molar-refractivity contribution in [2.75, 3.05) is 20.0 Å². The Kier molecular flexibility index (Phi) is 9.54. The zero-order chi connectivity index (χ0) is 19.1. The summed E-state index contributed by atoms with van der Waals surface area (Å²) in [6, 6.07) is 7.05. The lowest BCUT2D eigenvalue weighted by Gasteiger charge is -2.05. The molecule has 12 heteroatoms. The van der Waals surface area contributed by atoms with Crippen LogP contribution in [0.3, 0.4) is 0 Å². The van der Waals surface area contributed by atoms with E-state index < -0.39 is 9.85 Å². The van der Waals surface area contributed by atoms with Crippen LogP contribution in [0, 0.1) is 20.2 Å². The molecule has 0 saturated carbocycles. The molecule has 0 unspecified atom stereocenters. The summed E-state index contributed by atoms with van der Waals surface area (Å²) >= 11 is 6.23. The molecular weight excluding hydrogens is 482 g/mol. The highest BCUT2D eigenvalue weighted by Crippen LogP contribution is 2.34. The van der Waals surface area contributed by atoms with Crippen molar-refractivity contribution in [3.8, 4) is 11.5 Å². The Bertz CT molecular complexity index is 802. The van der Waals surface area contributed by atoms with Gasteiger partial charge in [-0.15, -0.1) is 0 Å². The zero-order valence-corrected chi connectivity index (χ0v) is 16.7. The van der Waals surface area contributed by atoms with Crippen LogP contribution in [-0.2, 0) is 0 Å². The molecule has 2 aromatic rings. The number of hydrogen-bond donors (Lipinski definition) is 1. The Morgan fingerprint density at radius 3 is 1.92 bits per heavy atom. The number of hydrogen-bond acceptors (Lipinski definition) is 7. The normalized spacial score (nSPS) is 9.23. The molecule has 26 heavy (non-hydrogen) atoms. The number of methoxy groups -OCH3 is 2. The van der Waals surface area contributed by atoms with Crippen molar-refractivity contribution in [3.05, 3.63) is 59.5 Å². The molecule has 0 amide bonds. The maximum atomic E-state index is 10.4. The number of nitrogens with two attached hydrogens (primary N) is 1. The molecule has 0 radical (unpaired) electrons. The van der Waals surface area contributed by atoms with E-state index in [9.17, 15) is 20.2 Å². The van der Waals surface area contributed by atoms with Gasteiger partial charge in [-0.05, 0) is 22.0 Å². The minimum absolute atomic E-state index is 0. The third kappa shape index (κ3) is 6.46. The van der Waals surface area contributed by atoms with Gasteiger partial charge in [-0.25, -0.2) is 0 Å². The summed E-state index contributed by atoms with van der Waals surface area (Å²) in [5.41, 5.74) is 5.88. The number of nitrogens with zero attached hydrogens (tertiary/aromatic N) is 2. The molecule has 0 spiro atoms. The molecule has 0 fully saturated rings. The van der Waals surface area contributed by atoms with E-state index in [1.807, 2.05) is 0 Å². The van der Waals surface area contributed by atoms with Crippen LogP contribution in [0.4, 0.5) is 17.1 Å². The summed E-state index contributed by atoms with van der Waals surface area (Å²) in [4.78, 5) is 19.8. The topological polar surface area (TPSA) is 162 Å². The smallest absolute Gasteiger partial charge is 0.274 e. The van der Waals surface area contributed by atoms with Crippen molar-refractivity contribution in [1.29, 1.82) is 0 Å². The molecule has 0 aliphatic rings. The van der Waals surface area contributed by atoms with Crippen LogP contribution in [0.1, 0.15) is 0 Å². The number of nitro groups is 2. The lowest BCUT2D eigenvalue weighted by molar-refractivity contribution is -0.385. The molecule has 0 saturated heterocycles. The van der Waals surface area contributed by atoms with Gasteiger partial charge in [0.05, 0.1) is 46.4 Å². The molecule has 10 nitrogen and oxygen atoms in total. The largest absolute Gasteiger partial charge is 0.496 e. The van der Waals surface area contributed by atoms with E-state index in [2.05, 4.69) is 31.9 Å². The molecular formula is C14H15Br2N3O7. The number of halogens is 2. The first-order valence-corrected chi connectivity index (χ1v) is 8.04. The maximum absolute atomic E-state index is 10.4. The van der Waals surface area contributed by atoms with E-state index in [-0.39, 0.29) is 16.9 Å². The summed E-state index contributed by atoms with van der Waals surface area (Å²) in [5.74, 6) is 0.761. The van der Waals surface area contributed by atoms with Gasteiger partial charge in [0.15, 0.2) is 0 Å². The first kappa shape index (κ1) is 23.6. The Labute approximate surface area is 164 Å². The fraction of sp³-hybridized carbons (Fsp3) is 0.143. The summed E-state index contributed by atoms with van der Waals surface area (Å²) in [6.07, 6.45) is 0. The predicted molar refractivity (Wildman–Crippen MR) is 103 cm³/mol. The van der Waals surface area contributed by atoms with Crippen LogP contribution in [-0.4, -0.2) is 29.5 Å². The van der Waals surface area contributed by atoms with Gasteiger partial charge in [0, 0.05) is 16.6 Å². The second-order valence-corrected chi connectivity index (χ2v) is 6.18. The van der Waals surface area contributed by atoms with Crippen molar-refractivity contribution in [1.82, 2.24) is 0 Å². The van der Waals surface area contributed by atoms with Crippen molar-refractivity contribution >= 4 is 48.9 Å². The second-order valence-electron chi connectivity index (χ2n) is 4.41. The minimum Gasteiger partial charge on any atom is -0.496 e. The molecule has 4 N–H and O–H groups in total. The average molecular weight is 497 g/mol. The molecule has 0 atom stereocenters. The second kappa shape index (κ2) is 10.5. The van der Waals surface area contributed by atoms with E-state index in [0.29, 0.717) is 26.1 Å². The van der Waals surface area contributed by atoms with Crippen LogP contribution in [0.25, 0.3) is 0 Å². The fourth-order valence-corrected chi connectivity index (χ4v) is 2.51. The highest BCUT2D eigenvalue weighted by atomic mass is 79.9. The quantitative estimate of drug-likeness (QED) is 0.384. The number of anilines is 1. The highest BCUT2D eigenvalue weighted by molar-refractivity contribution is 9.10. The first-order chi connectivity index (χ1) is 11.7. The van der Waals surface area contributed by atoms with Crippen molar-refractivity contribution < 1.29 is 24.8 Å². The Morgan fingerprint density at radius 1 is 0.923 bits per heavy atom. The number of non-ortho nitro benzene ring substituents is 2. The predicted octanol–water partition coefficient (Wildman–Crippen LogP) is 3.49. The van der Waals surface area contributed by atoms with E-state index in [1.54, 1.807) is 6.07 Å². The maximum Gasteiger partial charge on any atom is 0.274 e. The molecule has 0 aliphatic heterocycles. The molecule has 0 heterocycles. The van der Waals surface area contributed by atoms with Crippen LogP contribution >= 0.6 is 31.9 Å². The zero-order valence-electron chi connectivity index (χ0n) is 13.6. The molecule has 142 valence electrons. The Morgan fingerprint density at radius 2 is 1.46 bits per heavy atom. The van der Waals surface area contributed by atoms with E-state index in [4.69, 9.17) is 15.2 Å². The van der Waals surface area contributed by atoms with Crippen LogP contribution in [0.2, 0.25) is 0 Å². The molecule has 2 rings (SSSR count). The van der Waals surface area contributed by atoms with Gasteiger partial charge in [-0.2, -0.15) is 0 Å². The van der Waals surface area contributed by atoms with E-state index >= 15 is 0 Å². The van der Waals surface area contributed by atoms with Crippen molar-refractivity contribution in [2.45, 2.75) is 0 Å². The van der Waals surface area contributed by atoms with Gasteiger partial charge in [-0.1, -0.05) is 15.9 Å². The van der Waals surface area contributed by atoms with Gasteiger partial charge < -0.3 is 20.7 Å². The van der Waals surface area contributed by atoms with Gasteiger partial charge >= 0.3 is 0 Å². The summed E-state index contributed by atoms with van der Waals surface area (Å²) in [5, 5.41) is 20.8.